The Hall–Kier alpha value is -1.81. The molecule has 0 saturated carbocycles. The van der Waals surface area contributed by atoms with Crippen LogP contribution in [0.2, 0.25) is 0 Å². The Morgan fingerprint density at radius 1 is 1.28 bits per heavy atom. The maximum absolute atomic E-state index is 11.3. The van der Waals surface area contributed by atoms with Crippen molar-refractivity contribution in [2.45, 2.75) is 26.8 Å². The van der Waals surface area contributed by atoms with Crippen LogP contribution in [0.25, 0.3) is 10.9 Å². The van der Waals surface area contributed by atoms with Crippen LogP contribution in [-0.2, 0) is 6.54 Å². The van der Waals surface area contributed by atoms with E-state index in [4.69, 9.17) is 5.11 Å². The summed E-state index contributed by atoms with van der Waals surface area (Å²) in [6.45, 7) is 4.56. The predicted octanol–water partition coefficient (Wildman–Crippen LogP) is 2.34. The number of carbonyl (C=O) groups is 1. The molecule has 0 spiro atoms. The summed E-state index contributed by atoms with van der Waals surface area (Å²) in [5.74, 6) is -0.929. The number of hydrogen-bond donors (Lipinski definition) is 2. The molecule has 0 fully saturated rings. The summed E-state index contributed by atoms with van der Waals surface area (Å²) >= 11 is 0. The zero-order valence-corrected chi connectivity index (χ0v) is 10.6. The van der Waals surface area contributed by atoms with E-state index in [1.165, 1.54) is 0 Å². The second-order valence-electron chi connectivity index (χ2n) is 4.58. The second-order valence-corrected chi connectivity index (χ2v) is 4.58. The second kappa shape index (κ2) is 4.82. The van der Waals surface area contributed by atoms with Crippen molar-refractivity contribution in [2.24, 2.45) is 0 Å². The van der Waals surface area contributed by atoms with Crippen molar-refractivity contribution >= 4 is 16.9 Å². The maximum Gasteiger partial charge on any atom is 0.352 e. The van der Waals surface area contributed by atoms with Crippen molar-refractivity contribution in [1.82, 2.24) is 4.57 Å². The minimum Gasteiger partial charge on any atom is -0.477 e. The van der Waals surface area contributed by atoms with Crippen molar-refractivity contribution < 1.29 is 15.0 Å². The van der Waals surface area contributed by atoms with Crippen LogP contribution in [0.3, 0.4) is 0 Å². The number of fused-ring (bicyclic) bond motifs is 1. The van der Waals surface area contributed by atoms with Gasteiger partial charge in [0.15, 0.2) is 0 Å². The molecule has 2 rings (SSSR count). The lowest BCUT2D eigenvalue weighted by molar-refractivity contribution is 0.0685. The van der Waals surface area contributed by atoms with E-state index < -0.39 is 5.97 Å². The average Bonchev–Trinajstić information content (AvgIpc) is 2.65. The van der Waals surface area contributed by atoms with Gasteiger partial charge in [0.1, 0.15) is 5.69 Å². The van der Waals surface area contributed by atoms with E-state index in [0.29, 0.717) is 13.0 Å². The van der Waals surface area contributed by atoms with Crippen LogP contribution in [0.4, 0.5) is 0 Å². The van der Waals surface area contributed by atoms with Crippen LogP contribution in [-0.4, -0.2) is 27.4 Å². The summed E-state index contributed by atoms with van der Waals surface area (Å²) in [6.07, 6.45) is 0.553. The van der Waals surface area contributed by atoms with E-state index in [1.807, 2.05) is 26.0 Å². The SMILES string of the molecule is Cc1cc(C)c2c(c1)cc(C(=O)O)n2CCCO. The third-order valence-corrected chi connectivity index (χ3v) is 3.09. The first kappa shape index (κ1) is 12.6. The number of carboxylic acid groups (broad SMARTS) is 1. The van der Waals surface area contributed by atoms with Gasteiger partial charge in [-0.1, -0.05) is 11.6 Å². The van der Waals surface area contributed by atoms with Gasteiger partial charge in [0.2, 0.25) is 0 Å². The Kier molecular flexibility index (Phi) is 3.39. The minimum absolute atomic E-state index is 0.0592. The molecule has 4 heteroatoms. The highest BCUT2D eigenvalue weighted by Crippen LogP contribution is 2.25. The maximum atomic E-state index is 11.3. The van der Waals surface area contributed by atoms with Gasteiger partial charge in [0.05, 0.1) is 5.52 Å². The number of hydrogen-bond acceptors (Lipinski definition) is 2. The van der Waals surface area contributed by atoms with Crippen LogP contribution < -0.4 is 0 Å². The Morgan fingerprint density at radius 2 is 2.00 bits per heavy atom. The van der Waals surface area contributed by atoms with E-state index in [-0.39, 0.29) is 12.3 Å². The predicted molar refractivity (Wildman–Crippen MR) is 70.1 cm³/mol. The Labute approximate surface area is 105 Å². The van der Waals surface area contributed by atoms with Crippen LogP contribution >= 0.6 is 0 Å². The summed E-state index contributed by atoms with van der Waals surface area (Å²) in [6, 6.07) is 5.74. The van der Waals surface area contributed by atoms with Crippen LogP contribution in [0.1, 0.15) is 28.0 Å². The minimum atomic E-state index is -0.929. The Morgan fingerprint density at radius 3 is 2.61 bits per heavy atom. The van der Waals surface area contributed by atoms with Gasteiger partial charge < -0.3 is 14.8 Å². The molecule has 0 saturated heterocycles. The number of aromatic carboxylic acids is 1. The number of rotatable bonds is 4. The monoisotopic (exact) mass is 247 g/mol. The highest BCUT2D eigenvalue weighted by molar-refractivity contribution is 5.96. The summed E-state index contributed by atoms with van der Waals surface area (Å²) in [4.78, 5) is 11.3. The van der Waals surface area contributed by atoms with E-state index >= 15 is 0 Å². The van der Waals surface area contributed by atoms with Gasteiger partial charge in [-0.05, 0) is 38.0 Å². The number of carboxylic acids is 1. The standard InChI is InChI=1S/C14H17NO3/c1-9-6-10(2)13-11(7-9)8-12(14(17)18)15(13)4-3-5-16/h6-8,16H,3-5H2,1-2H3,(H,17,18). The smallest absolute Gasteiger partial charge is 0.352 e. The molecular weight excluding hydrogens is 230 g/mol. The third-order valence-electron chi connectivity index (χ3n) is 3.09. The highest BCUT2D eigenvalue weighted by atomic mass is 16.4. The highest BCUT2D eigenvalue weighted by Gasteiger charge is 2.15. The van der Waals surface area contributed by atoms with E-state index in [1.54, 1.807) is 10.6 Å². The van der Waals surface area contributed by atoms with Crippen molar-refractivity contribution in [3.8, 4) is 0 Å². The third kappa shape index (κ3) is 2.11. The molecule has 2 aromatic rings. The van der Waals surface area contributed by atoms with E-state index in [0.717, 1.165) is 22.0 Å². The molecule has 0 bridgehead atoms. The molecule has 1 aromatic heterocycles. The lowest BCUT2D eigenvalue weighted by Gasteiger charge is -2.09. The lowest BCUT2D eigenvalue weighted by Crippen LogP contribution is -2.09. The molecule has 0 amide bonds. The molecule has 0 aliphatic rings. The van der Waals surface area contributed by atoms with Gasteiger partial charge in [0.25, 0.3) is 0 Å². The number of aliphatic hydroxyl groups excluding tert-OH is 1. The van der Waals surface area contributed by atoms with Gasteiger partial charge in [-0.3, -0.25) is 0 Å². The molecule has 4 nitrogen and oxygen atoms in total. The number of aryl methyl sites for hydroxylation is 3. The fraction of sp³-hybridized carbons (Fsp3) is 0.357. The fourth-order valence-corrected chi connectivity index (χ4v) is 2.46. The molecule has 0 unspecified atom stereocenters. The molecule has 1 heterocycles. The van der Waals surface area contributed by atoms with E-state index in [9.17, 15) is 9.90 Å². The van der Waals surface area contributed by atoms with Gasteiger partial charge in [-0.2, -0.15) is 0 Å². The Bertz CT molecular complexity index is 599. The average molecular weight is 247 g/mol. The number of benzene rings is 1. The van der Waals surface area contributed by atoms with Crippen molar-refractivity contribution in [3.05, 3.63) is 35.0 Å². The van der Waals surface area contributed by atoms with Gasteiger partial charge in [0, 0.05) is 18.5 Å². The zero-order valence-electron chi connectivity index (χ0n) is 10.6. The molecule has 2 N–H and O–H groups in total. The van der Waals surface area contributed by atoms with Crippen LogP contribution in [0.15, 0.2) is 18.2 Å². The molecule has 18 heavy (non-hydrogen) atoms. The molecule has 0 atom stereocenters. The quantitative estimate of drug-likeness (QED) is 0.871. The first-order valence-corrected chi connectivity index (χ1v) is 5.99. The van der Waals surface area contributed by atoms with Crippen molar-refractivity contribution in [3.63, 3.8) is 0 Å². The first-order chi connectivity index (χ1) is 8.54. The van der Waals surface area contributed by atoms with E-state index in [2.05, 4.69) is 0 Å². The van der Waals surface area contributed by atoms with Gasteiger partial charge in [-0.25, -0.2) is 4.79 Å². The summed E-state index contributed by atoms with van der Waals surface area (Å²) in [5.41, 5.74) is 3.42. The van der Waals surface area contributed by atoms with Crippen LogP contribution in [0, 0.1) is 13.8 Å². The lowest BCUT2D eigenvalue weighted by atomic mass is 10.1. The molecule has 0 radical (unpaired) electrons. The van der Waals surface area contributed by atoms with Crippen molar-refractivity contribution in [2.75, 3.05) is 6.61 Å². The zero-order chi connectivity index (χ0) is 13.3. The molecule has 0 aliphatic carbocycles. The molecule has 1 aromatic carbocycles. The van der Waals surface area contributed by atoms with Crippen LogP contribution in [0.5, 0.6) is 0 Å². The molecule has 0 aliphatic heterocycles. The Balaban J connectivity index is 2.68. The molecular formula is C14H17NO3. The summed E-state index contributed by atoms with van der Waals surface area (Å²) in [5, 5.41) is 19.1. The van der Waals surface area contributed by atoms with Gasteiger partial charge >= 0.3 is 5.97 Å². The van der Waals surface area contributed by atoms with Gasteiger partial charge in [-0.15, -0.1) is 0 Å². The normalized spacial score (nSPS) is 11.1. The number of nitrogens with zero attached hydrogens (tertiary/aromatic N) is 1. The first-order valence-electron chi connectivity index (χ1n) is 5.99. The number of aromatic nitrogens is 1. The molecule has 96 valence electrons. The fourth-order valence-electron chi connectivity index (χ4n) is 2.46. The summed E-state index contributed by atoms with van der Waals surface area (Å²) in [7, 11) is 0. The number of aliphatic hydroxyl groups is 1. The van der Waals surface area contributed by atoms with Crippen molar-refractivity contribution in [1.29, 1.82) is 0 Å². The largest absolute Gasteiger partial charge is 0.477 e. The summed E-state index contributed by atoms with van der Waals surface area (Å²) < 4.78 is 1.78. The topological polar surface area (TPSA) is 62.5 Å².